The van der Waals surface area contributed by atoms with Crippen LogP contribution < -0.4 is 11.1 Å². The molecular weight excluding hydrogens is 244 g/mol. The van der Waals surface area contributed by atoms with Gasteiger partial charge in [0.2, 0.25) is 5.95 Å². The van der Waals surface area contributed by atoms with E-state index in [9.17, 15) is 0 Å². The highest BCUT2D eigenvalue weighted by Gasteiger charge is 1.88. The van der Waals surface area contributed by atoms with Crippen LogP contribution in [0.25, 0.3) is 0 Å². The Morgan fingerprint density at radius 2 is 2.08 bits per heavy atom. The van der Waals surface area contributed by atoms with Crippen molar-refractivity contribution >= 4 is 51.9 Å². The van der Waals surface area contributed by atoms with E-state index in [-0.39, 0.29) is 0 Å². The Morgan fingerprint density at radius 3 is 2.38 bits per heavy atom. The average molecular weight is 252 g/mol. The van der Waals surface area contributed by atoms with Gasteiger partial charge in [0.05, 0.1) is 0 Å². The third-order valence-electron chi connectivity index (χ3n) is 0.958. The molecule has 0 aliphatic heterocycles. The summed E-state index contributed by atoms with van der Waals surface area (Å²) in [4.78, 5) is 7.56. The summed E-state index contributed by atoms with van der Waals surface area (Å²) < 4.78 is 0. The van der Waals surface area contributed by atoms with Gasteiger partial charge in [-0.15, -0.1) is 0 Å². The van der Waals surface area contributed by atoms with Crippen LogP contribution in [0.5, 0.6) is 0 Å². The number of aromatic nitrogens is 2. The molecule has 4 nitrogen and oxygen atoms in total. The van der Waals surface area contributed by atoms with Crippen molar-refractivity contribution in [1.82, 2.24) is 9.97 Å². The van der Waals surface area contributed by atoms with Gasteiger partial charge in [-0.05, 0) is 6.07 Å². The molecule has 0 saturated heterocycles. The highest BCUT2D eigenvalue weighted by molar-refractivity contribution is 8.51. The fraction of sp³-hybridized carbons (Fsp3) is 0.200. The van der Waals surface area contributed by atoms with Crippen molar-refractivity contribution in [3.8, 4) is 0 Å². The number of hydrogen-bond acceptors (Lipinski definition) is 6. The van der Waals surface area contributed by atoms with Crippen LogP contribution >= 0.6 is 0 Å². The second-order valence-electron chi connectivity index (χ2n) is 1.69. The number of nitrogens with zero attached hydrogens (tertiary/aromatic N) is 2. The lowest BCUT2D eigenvalue weighted by atomic mass is 10.6. The number of hydrogen-bond donors (Lipinski definition) is 2. The summed E-state index contributed by atoms with van der Waals surface area (Å²) in [6.45, 7) is 0. The normalized spacial score (nSPS) is 7.77. The molecule has 8 heteroatoms. The lowest BCUT2D eigenvalue weighted by Gasteiger charge is -1.96. The highest BCUT2D eigenvalue weighted by atomic mass is 33.2. The molecule has 0 bridgehead atoms. The SMILES string of the molecule is CNc1ccnc(N)n1.S=S=S=S. The predicted molar refractivity (Wildman–Crippen MR) is 65.5 cm³/mol. The minimum atomic E-state index is 0.293. The zero-order valence-corrected chi connectivity index (χ0v) is 10.0. The van der Waals surface area contributed by atoms with Crippen molar-refractivity contribution in [3.05, 3.63) is 12.3 Å². The van der Waals surface area contributed by atoms with Crippen molar-refractivity contribution in [2.24, 2.45) is 0 Å². The Bertz CT molecular complexity index is 321. The Morgan fingerprint density at radius 1 is 1.46 bits per heavy atom. The molecule has 1 aromatic rings. The molecule has 0 aliphatic carbocycles. The van der Waals surface area contributed by atoms with Gasteiger partial charge < -0.3 is 11.1 Å². The topological polar surface area (TPSA) is 63.8 Å². The van der Waals surface area contributed by atoms with Crippen LogP contribution in [0.3, 0.4) is 0 Å². The second kappa shape index (κ2) is 8.17. The molecule has 72 valence electrons. The van der Waals surface area contributed by atoms with Crippen LogP contribution in [0.15, 0.2) is 12.3 Å². The summed E-state index contributed by atoms with van der Waals surface area (Å²) in [7, 11) is 4.12. The molecule has 0 fully saturated rings. The molecule has 1 heterocycles. The lowest BCUT2D eigenvalue weighted by molar-refractivity contribution is 1.18. The molecule has 0 atom stereocenters. The van der Waals surface area contributed by atoms with E-state index >= 15 is 0 Å². The maximum atomic E-state index is 5.27. The van der Waals surface area contributed by atoms with Gasteiger partial charge in [-0.1, -0.05) is 0 Å². The molecule has 0 amide bonds. The number of rotatable bonds is 1. The van der Waals surface area contributed by atoms with E-state index in [4.69, 9.17) is 5.73 Å². The molecule has 13 heavy (non-hydrogen) atoms. The monoisotopic (exact) mass is 252 g/mol. The predicted octanol–water partition coefficient (Wildman–Crippen LogP) is 0.0909. The van der Waals surface area contributed by atoms with Gasteiger partial charge in [0.25, 0.3) is 0 Å². The molecule has 1 rings (SSSR count). The minimum absolute atomic E-state index is 0.293. The van der Waals surface area contributed by atoms with Crippen molar-refractivity contribution < 1.29 is 0 Å². The number of nitrogens with two attached hydrogens (primary N) is 1. The largest absolute Gasteiger partial charge is 0.373 e. The standard InChI is InChI=1S/C5H8N4.S4/c1-7-4-2-3-8-5(6)9-4;1-3-4-2/h2-3H,1H3,(H3,6,7,8,9);. The highest BCUT2D eigenvalue weighted by Crippen LogP contribution is 1.99. The maximum absolute atomic E-state index is 5.27. The van der Waals surface area contributed by atoms with Crippen LogP contribution in [0.4, 0.5) is 11.8 Å². The molecule has 0 radical (unpaired) electrons. The van der Waals surface area contributed by atoms with Gasteiger partial charge in [0, 0.05) is 53.4 Å². The third kappa shape index (κ3) is 6.70. The Labute approximate surface area is 92.1 Å². The van der Waals surface area contributed by atoms with E-state index in [1.54, 1.807) is 19.3 Å². The summed E-state index contributed by atoms with van der Waals surface area (Å²) in [5, 5.41) is 2.84. The number of nitrogen functional groups attached to an aromatic ring is 1. The van der Waals surface area contributed by atoms with E-state index in [1.165, 1.54) is 17.8 Å². The Hall–Kier alpha value is -0.440. The number of nitrogens with one attached hydrogen (secondary N) is 1. The summed E-state index contributed by atoms with van der Waals surface area (Å²) in [6.07, 6.45) is 1.61. The van der Waals surface area contributed by atoms with Crippen LogP contribution in [0, 0.1) is 0 Å². The molecule has 0 aliphatic rings. The van der Waals surface area contributed by atoms with Crippen LogP contribution in [0.2, 0.25) is 0 Å². The zero-order chi connectivity index (χ0) is 10.1. The average Bonchev–Trinajstić information content (AvgIpc) is 2.18. The first-order chi connectivity index (χ1) is 6.24. The van der Waals surface area contributed by atoms with E-state index < -0.39 is 0 Å². The number of anilines is 2. The van der Waals surface area contributed by atoms with E-state index in [2.05, 4.69) is 37.7 Å². The fourth-order valence-corrected chi connectivity index (χ4v) is 0.513. The Kier molecular flexibility index (Phi) is 7.90. The summed E-state index contributed by atoms with van der Waals surface area (Å²) in [5.41, 5.74) is 5.27. The fourth-order valence-electron chi connectivity index (χ4n) is 0.513. The van der Waals surface area contributed by atoms with Crippen LogP contribution in [0.1, 0.15) is 0 Å². The molecule has 0 unspecified atom stereocenters. The Balaban J connectivity index is 0.000000310. The first-order valence-electron chi connectivity index (χ1n) is 3.09. The molecule has 1 aromatic heterocycles. The molecule has 0 saturated carbocycles. The van der Waals surface area contributed by atoms with Gasteiger partial charge >= 0.3 is 0 Å². The minimum Gasteiger partial charge on any atom is -0.373 e. The second-order valence-corrected chi connectivity index (χ2v) is 5.22. The molecule has 0 aromatic carbocycles. The molecule has 3 N–H and O–H groups in total. The zero-order valence-electron chi connectivity index (χ0n) is 6.76. The quantitative estimate of drug-likeness (QED) is 0.739. The summed E-state index contributed by atoms with van der Waals surface area (Å²) >= 11 is 8.66. The summed E-state index contributed by atoms with van der Waals surface area (Å²) in [6, 6.07) is 1.75. The van der Waals surface area contributed by atoms with Crippen molar-refractivity contribution in [2.75, 3.05) is 18.1 Å². The van der Waals surface area contributed by atoms with Crippen molar-refractivity contribution in [1.29, 1.82) is 0 Å². The van der Waals surface area contributed by atoms with E-state index in [0.29, 0.717) is 5.95 Å². The van der Waals surface area contributed by atoms with Crippen molar-refractivity contribution in [2.45, 2.75) is 0 Å². The van der Waals surface area contributed by atoms with Gasteiger partial charge in [0.1, 0.15) is 5.82 Å². The lowest BCUT2D eigenvalue weighted by Crippen LogP contribution is -1.97. The van der Waals surface area contributed by atoms with Crippen molar-refractivity contribution in [3.63, 3.8) is 0 Å². The third-order valence-corrected chi connectivity index (χ3v) is 3.18. The summed E-state index contributed by atoms with van der Waals surface area (Å²) in [5.74, 6) is 1.03. The smallest absolute Gasteiger partial charge is 0.221 e. The van der Waals surface area contributed by atoms with Gasteiger partial charge in [0.15, 0.2) is 0 Å². The molecular formula is C5H8N4S4. The van der Waals surface area contributed by atoms with E-state index in [0.717, 1.165) is 5.82 Å². The van der Waals surface area contributed by atoms with Crippen LogP contribution in [-0.2, 0) is 40.1 Å². The van der Waals surface area contributed by atoms with Gasteiger partial charge in [-0.25, -0.2) is 4.98 Å². The van der Waals surface area contributed by atoms with Gasteiger partial charge in [-0.2, -0.15) is 4.98 Å². The van der Waals surface area contributed by atoms with E-state index in [1.807, 2.05) is 0 Å². The first-order valence-corrected chi connectivity index (χ1v) is 7.09. The maximum Gasteiger partial charge on any atom is 0.221 e. The van der Waals surface area contributed by atoms with Gasteiger partial charge in [-0.3, -0.25) is 0 Å². The van der Waals surface area contributed by atoms with Crippen LogP contribution in [-0.4, -0.2) is 17.0 Å². The molecule has 0 spiro atoms. The first kappa shape index (κ1) is 12.6.